The van der Waals surface area contributed by atoms with Crippen molar-refractivity contribution in [3.05, 3.63) is 28.7 Å². The van der Waals surface area contributed by atoms with Crippen molar-refractivity contribution in [3.63, 3.8) is 0 Å². The van der Waals surface area contributed by atoms with E-state index in [9.17, 15) is 0 Å². The molecule has 1 aliphatic rings. The number of hydrogen-bond acceptors (Lipinski definition) is 6. The van der Waals surface area contributed by atoms with Gasteiger partial charge in [-0.15, -0.1) is 0 Å². The smallest absolute Gasteiger partial charge is 0.226 e. The number of nitrogens with one attached hydrogen (secondary N) is 1. The topological polar surface area (TPSA) is 78.0 Å². The Labute approximate surface area is 136 Å². The zero-order valence-corrected chi connectivity index (χ0v) is 14.3. The lowest BCUT2D eigenvalue weighted by molar-refractivity contribution is 0.0972. The van der Waals surface area contributed by atoms with Crippen LogP contribution in [0.2, 0.25) is 0 Å². The summed E-state index contributed by atoms with van der Waals surface area (Å²) in [5, 5.41) is 12.0. The van der Waals surface area contributed by atoms with Crippen molar-refractivity contribution < 1.29 is 9.26 Å². The number of nitrogens with zero attached hydrogens (tertiary/aromatic N) is 4. The highest BCUT2D eigenvalue weighted by atomic mass is 16.5. The van der Waals surface area contributed by atoms with Crippen LogP contribution >= 0.6 is 0 Å². The molecule has 2 aromatic heterocycles. The summed E-state index contributed by atoms with van der Waals surface area (Å²) in [5.74, 6) is 1.42. The first-order valence-corrected chi connectivity index (χ1v) is 8.26. The Morgan fingerprint density at radius 3 is 2.87 bits per heavy atom. The molecule has 1 saturated heterocycles. The molecule has 0 aromatic carbocycles. The Hall–Kier alpha value is -1.73. The maximum Gasteiger partial charge on any atom is 0.226 e. The summed E-state index contributed by atoms with van der Waals surface area (Å²) in [4.78, 5) is 4.40. The standard InChI is InChI=1S/C16H25N5O2/c1-5-6-14-18-13(20-23-14)9-17-12-7-8-22-16(12)15-10(2)19-21(4)11(15)3/h12,16-17H,5-9H2,1-4H3/t12-,16-/m0/s1. The summed E-state index contributed by atoms with van der Waals surface area (Å²) in [6.07, 6.45) is 2.84. The SMILES string of the molecule is CCCc1nc(CN[C@H]2CCO[C@@H]2c2c(C)nn(C)c2C)no1. The third-order valence-corrected chi connectivity index (χ3v) is 4.44. The first kappa shape index (κ1) is 16.1. The Morgan fingerprint density at radius 1 is 1.35 bits per heavy atom. The third-order valence-electron chi connectivity index (χ3n) is 4.44. The lowest BCUT2D eigenvalue weighted by Gasteiger charge is -2.20. The van der Waals surface area contributed by atoms with Crippen LogP contribution in [0.15, 0.2) is 4.52 Å². The van der Waals surface area contributed by atoms with Gasteiger partial charge in [0.1, 0.15) is 6.10 Å². The maximum absolute atomic E-state index is 5.98. The molecule has 3 heterocycles. The molecule has 2 atom stereocenters. The van der Waals surface area contributed by atoms with Gasteiger partial charge in [-0.2, -0.15) is 10.1 Å². The lowest BCUT2D eigenvalue weighted by Crippen LogP contribution is -2.32. The lowest BCUT2D eigenvalue weighted by atomic mass is 10.0. The molecule has 1 N–H and O–H groups in total. The second-order valence-corrected chi connectivity index (χ2v) is 6.13. The molecule has 0 saturated carbocycles. The first-order valence-electron chi connectivity index (χ1n) is 8.26. The van der Waals surface area contributed by atoms with Gasteiger partial charge in [0.2, 0.25) is 5.89 Å². The molecule has 23 heavy (non-hydrogen) atoms. The van der Waals surface area contributed by atoms with E-state index in [0.29, 0.717) is 18.3 Å². The van der Waals surface area contributed by atoms with Gasteiger partial charge in [-0.05, 0) is 26.7 Å². The number of aryl methyl sites for hydroxylation is 3. The van der Waals surface area contributed by atoms with Crippen LogP contribution in [0.4, 0.5) is 0 Å². The summed E-state index contributed by atoms with van der Waals surface area (Å²) in [7, 11) is 1.97. The largest absolute Gasteiger partial charge is 0.372 e. The minimum absolute atomic E-state index is 0.0331. The summed E-state index contributed by atoms with van der Waals surface area (Å²) < 4.78 is 13.1. The summed E-state index contributed by atoms with van der Waals surface area (Å²) in [5.41, 5.74) is 3.39. The average molecular weight is 319 g/mol. The molecule has 0 aliphatic carbocycles. The Bertz CT molecular complexity index is 663. The molecule has 0 bridgehead atoms. The average Bonchev–Trinajstić information content (AvgIpc) is 3.19. The van der Waals surface area contributed by atoms with Crippen LogP contribution in [0.3, 0.4) is 0 Å². The van der Waals surface area contributed by atoms with E-state index < -0.39 is 0 Å². The van der Waals surface area contributed by atoms with E-state index in [1.807, 2.05) is 18.7 Å². The fraction of sp³-hybridized carbons (Fsp3) is 0.688. The number of rotatable bonds is 6. The van der Waals surface area contributed by atoms with Crippen LogP contribution in [0.5, 0.6) is 0 Å². The van der Waals surface area contributed by atoms with Gasteiger partial charge >= 0.3 is 0 Å². The third kappa shape index (κ3) is 3.30. The van der Waals surface area contributed by atoms with Crippen molar-refractivity contribution in [1.29, 1.82) is 0 Å². The van der Waals surface area contributed by atoms with Gasteiger partial charge in [0.15, 0.2) is 5.82 Å². The van der Waals surface area contributed by atoms with Crippen molar-refractivity contribution in [2.45, 2.75) is 58.7 Å². The molecule has 7 heteroatoms. The fourth-order valence-electron chi connectivity index (χ4n) is 3.18. The second-order valence-electron chi connectivity index (χ2n) is 6.13. The molecular weight excluding hydrogens is 294 g/mol. The van der Waals surface area contributed by atoms with Crippen molar-refractivity contribution in [2.75, 3.05) is 6.61 Å². The van der Waals surface area contributed by atoms with Gasteiger partial charge in [-0.3, -0.25) is 4.68 Å². The van der Waals surface area contributed by atoms with Crippen LogP contribution in [0.25, 0.3) is 0 Å². The second kappa shape index (κ2) is 6.80. The summed E-state index contributed by atoms with van der Waals surface area (Å²) in [6, 6.07) is 0.240. The first-order chi connectivity index (χ1) is 11.1. The molecule has 0 amide bonds. The minimum atomic E-state index is 0.0331. The van der Waals surface area contributed by atoms with E-state index in [1.165, 1.54) is 5.56 Å². The molecule has 0 radical (unpaired) electrons. The van der Waals surface area contributed by atoms with E-state index in [2.05, 4.69) is 34.4 Å². The normalized spacial score (nSPS) is 21.2. The highest BCUT2D eigenvalue weighted by Crippen LogP contribution is 2.33. The van der Waals surface area contributed by atoms with Crippen LogP contribution in [0, 0.1) is 13.8 Å². The van der Waals surface area contributed by atoms with Crippen LogP contribution < -0.4 is 5.32 Å². The van der Waals surface area contributed by atoms with Gasteiger partial charge < -0.3 is 14.6 Å². The molecule has 7 nitrogen and oxygen atoms in total. The van der Waals surface area contributed by atoms with Crippen molar-refractivity contribution >= 4 is 0 Å². The van der Waals surface area contributed by atoms with E-state index >= 15 is 0 Å². The molecule has 1 fully saturated rings. The van der Waals surface area contributed by atoms with Gasteiger partial charge in [-0.25, -0.2) is 0 Å². The van der Waals surface area contributed by atoms with Crippen LogP contribution in [-0.2, 0) is 24.8 Å². The van der Waals surface area contributed by atoms with Crippen LogP contribution in [0.1, 0.15) is 54.5 Å². The van der Waals surface area contributed by atoms with Gasteiger partial charge in [0.25, 0.3) is 0 Å². The van der Waals surface area contributed by atoms with E-state index in [-0.39, 0.29) is 12.1 Å². The summed E-state index contributed by atoms with van der Waals surface area (Å²) >= 11 is 0. The predicted molar refractivity (Wildman–Crippen MR) is 84.9 cm³/mol. The molecule has 126 valence electrons. The number of aromatic nitrogens is 4. The molecular formula is C16H25N5O2. The highest BCUT2D eigenvalue weighted by molar-refractivity contribution is 5.29. The zero-order chi connectivity index (χ0) is 16.4. The van der Waals surface area contributed by atoms with E-state index in [0.717, 1.165) is 37.3 Å². The zero-order valence-electron chi connectivity index (χ0n) is 14.3. The molecule has 0 spiro atoms. The monoisotopic (exact) mass is 319 g/mol. The van der Waals surface area contributed by atoms with E-state index in [1.54, 1.807) is 0 Å². The molecule has 0 unspecified atom stereocenters. The van der Waals surface area contributed by atoms with Gasteiger partial charge in [0, 0.05) is 37.4 Å². The maximum atomic E-state index is 5.98. The van der Waals surface area contributed by atoms with Crippen molar-refractivity contribution in [3.8, 4) is 0 Å². The molecule has 3 rings (SSSR count). The predicted octanol–water partition coefficient (Wildman–Crippen LogP) is 1.99. The Balaban J connectivity index is 1.67. The Morgan fingerprint density at radius 2 is 2.17 bits per heavy atom. The van der Waals surface area contributed by atoms with Gasteiger partial charge in [-0.1, -0.05) is 12.1 Å². The van der Waals surface area contributed by atoms with Crippen molar-refractivity contribution in [1.82, 2.24) is 25.2 Å². The summed E-state index contributed by atoms with van der Waals surface area (Å²) in [6.45, 7) is 7.57. The number of ether oxygens (including phenoxy) is 1. The molecule has 2 aromatic rings. The quantitative estimate of drug-likeness (QED) is 0.877. The van der Waals surface area contributed by atoms with Crippen LogP contribution in [-0.4, -0.2) is 32.6 Å². The Kier molecular flexibility index (Phi) is 4.77. The molecule has 1 aliphatic heterocycles. The minimum Gasteiger partial charge on any atom is -0.372 e. The van der Waals surface area contributed by atoms with Gasteiger partial charge in [0.05, 0.1) is 12.2 Å². The van der Waals surface area contributed by atoms with E-state index in [4.69, 9.17) is 9.26 Å². The number of hydrogen-bond donors (Lipinski definition) is 1. The highest BCUT2D eigenvalue weighted by Gasteiger charge is 2.33. The fourth-order valence-corrected chi connectivity index (χ4v) is 3.18. The van der Waals surface area contributed by atoms with Crippen molar-refractivity contribution in [2.24, 2.45) is 7.05 Å².